The van der Waals surface area contributed by atoms with Crippen molar-refractivity contribution in [3.63, 3.8) is 0 Å². The van der Waals surface area contributed by atoms with E-state index < -0.39 is 16.8 Å². The summed E-state index contributed by atoms with van der Waals surface area (Å²) in [5, 5.41) is 39.6. The molecule has 5 heterocycles. The third-order valence-corrected chi connectivity index (χ3v) is 25.0. The molecule has 5 aliphatic rings. The maximum atomic E-state index is 13.5. The quantitative estimate of drug-likeness (QED) is 0.0583. The Balaban J connectivity index is 0.000000149. The van der Waals surface area contributed by atoms with Crippen molar-refractivity contribution in [2.24, 2.45) is 0 Å². The number of likely N-dealkylation sites (N-methyl/N-ethyl adjacent to an activating group) is 3. The standard InChI is InChI=1S/C25H24ClNO2.C19H22N2O.C19H21NO.C16H17NO.C11H14ClNO.C11H15NO.C10H13NO/c26-22-13-11-21(12-14-22)25(29)15-17-27(18-16-25)24(28)23(19-7-3-1-4-8-19)20-9-5-2-6-10-20;1-20-12-14-21(15-13-20)19(22)18(16-8-4-2-5-9-16)17-10-6-3-7-11-17;21-19(20-14-8-3-9-15-20)18(16-10-4-1-5-11-16)17-12-6-2-7-13-17;1-17(2)16(18)15(13-9-5-3-6-10-13)14-11-7-4-8-12-14;12-10-3-1-9(2-4-10)11(14)5-7-13-8-6-11;13-11(6-8-12-9-7-11)10-4-2-1-3-5-10;1-11(2)10(12)8-9-6-4-3-5-7-9/h1-14,23,29H,15-18H2;2-11,18H,12-15H2,1H3;1-2,4-7,10-13,18H,3,8-9,14-15H2;3-12,15H,1-2H3;1-4,13-14H,5-8H2;1-5,12-13H,6-9H2;3-7H,8H2,1-2H3. The van der Waals surface area contributed by atoms with Crippen molar-refractivity contribution in [1.29, 1.82) is 0 Å². The van der Waals surface area contributed by atoms with E-state index in [0.29, 0.717) is 42.4 Å². The van der Waals surface area contributed by atoms with Crippen LogP contribution in [0.1, 0.15) is 148 Å². The van der Waals surface area contributed by atoms with E-state index in [2.05, 4.69) is 46.8 Å². The van der Waals surface area contributed by atoms with E-state index in [-0.39, 0.29) is 53.2 Å². The third kappa shape index (κ3) is 29.2. The Bertz CT molecular complexity index is 5110. The number of nitrogens with zero attached hydrogens (tertiary/aromatic N) is 6. The van der Waals surface area contributed by atoms with Gasteiger partial charge in [-0.05, 0) is 182 Å². The van der Waals surface area contributed by atoms with Crippen molar-refractivity contribution in [3.05, 3.63) is 429 Å². The second kappa shape index (κ2) is 50.3. The molecule has 5 saturated heterocycles. The van der Waals surface area contributed by atoms with Gasteiger partial charge in [0.05, 0.1) is 46.9 Å². The molecule has 5 N–H and O–H groups in total. The minimum absolute atomic E-state index is 0.0838. The van der Waals surface area contributed by atoms with E-state index in [1.165, 1.54) is 6.42 Å². The summed E-state index contributed by atoms with van der Waals surface area (Å²) >= 11 is 11.8. The fraction of sp³-hybridized carbons (Fsp3) is 0.306. The normalized spacial score (nSPS) is 15.5. The molecule has 5 amide bonds. The summed E-state index contributed by atoms with van der Waals surface area (Å²) < 4.78 is 0. The maximum absolute atomic E-state index is 13.5. The molecular weight excluding hydrogens is 1640 g/mol. The molecule has 129 heavy (non-hydrogen) atoms. The molecular formula is C111H126Cl2N8O8. The molecule has 12 aromatic carbocycles. The molecule has 0 bridgehead atoms. The van der Waals surface area contributed by atoms with Crippen LogP contribution < -0.4 is 10.6 Å². The number of benzene rings is 12. The fourth-order valence-electron chi connectivity index (χ4n) is 16.9. The summed E-state index contributed by atoms with van der Waals surface area (Å²) in [7, 11) is 9.23. The Morgan fingerprint density at radius 3 is 0.837 bits per heavy atom. The van der Waals surface area contributed by atoms with E-state index in [9.17, 15) is 39.3 Å². The van der Waals surface area contributed by atoms with Crippen molar-refractivity contribution < 1.29 is 39.3 Å². The van der Waals surface area contributed by atoms with Crippen LogP contribution in [0.4, 0.5) is 0 Å². The van der Waals surface area contributed by atoms with Gasteiger partial charge in [-0.3, -0.25) is 24.0 Å². The number of piperazine rings is 1. The number of piperidine rings is 4. The van der Waals surface area contributed by atoms with E-state index in [4.69, 9.17) is 23.2 Å². The lowest BCUT2D eigenvalue weighted by Crippen LogP contribution is -2.48. The lowest BCUT2D eigenvalue weighted by molar-refractivity contribution is -0.136. The number of aliphatic hydroxyl groups is 3. The van der Waals surface area contributed by atoms with Gasteiger partial charge >= 0.3 is 0 Å². The largest absolute Gasteiger partial charge is 0.385 e. The molecule has 0 aromatic heterocycles. The van der Waals surface area contributed by atoms with E-state index >= 15 is 0 Å². The van der Waals surface area contributed by atoms with Crippen molar-refractivity contribution in [2.45, 2.75) is 105 Å². The number of carbonyl (C=O) groups is 5. The SMILES string of the molecule is CN(C)C(=O)C(c1ccccc1)c1ccccc1.CN(C)C(=O)Cc1ccccc1.CN1CCN(C(=O)C(c2ccccc2)c2ccccc2)CC1.O=C(C(c1ccccc1)c1ccccc1)N1CCC(O)(c2ccc(Cl)cc2)CC1.O=C(C(c1ccccc1)c1ccccc1)N1CCCCC1.OC1(c2ccc(Cl)cc2)CCNCC1.OC1(c2ccccc2)CCNCC1. The van der Waals surface area contributed by atoms with E-state index in [1.807, 2.05) is 330 Å². The van der Waals surface area contributed by atoms with Gasteiger partial charge in [0.25, 0.3) is 0 Å². The number of likely N-dealkylation sites (tertiary alicyclic amines) is 2. The third-order valence-electron chi connectivity index (χ3n) is 24.5. The van der Waals surface area contributed by atoms with Gasteiger partial charge in [0.1, 0.15) is 0 Å². The molecule has 0 radical (unpaired) electrons. The second-order valence-electron chi connectivity index (χ2n) is 34.0. The molecule has 12 aromatic rings. The van der Waals surface area contributed by atoms with Crippen LogP contribution >= 0.6 is 23.2 Å². The highest BCUT2D eigenvalue weighted by Gasteiger charge is 2.39. The smallest absolute Gasteiger partial charge is 0.234 e. The predicted octanol–water partition coefficient (Wildman–Crippen LogP) is 18.8. The molecule has 5 fully saturated rings. The van der Waals surface area contributed by atoms with Gasteiger partial charge in [0.2, 0.25) is 29.5 Å². The first kappa shape index (κ1) is 97.9. The molecule has 16 nitrogen and oxygen atoms in total. The zero-order valence-corrected chi connectivity index (χ0v) is 76.7. The van der Waals surface area contributed by atoms with Crippen molar-refractivity contribution in [1.82, 2.24) is 40.0 Å². The van der Waals surface area contributed by atoms with Crippen LogP contribution in [0.2, 0.25) is 10.0 Å². The van der Waals surface area contributed by atoms with Crippen LogP contribution in [0.3, 0.4) is 0 Å². The van der Waals surface area contributed by atoms with Crippen LogP contribution in [-0.4, -0.2) is 188 Å². The number of amides is 5. The predicted molar refractivity (Wildman–Crippen MR) is 522 cm³/mol. The first-order chi connectivity index (χ1) is 62.6. The molecule has 0 atom stereocenters. The van der Waals surface area contributed by atoms with Crippen LogP contribution in [0, 0.1) is 0 Å². The van der Waals surface area contributed by atoms with Gasteiger partial charge in [-0.25, -0.2) is 0 Å². The minimum Gasteiger partial charge on any atom is -0.385 e. The van der Waals surface area contributed by atoms with Gasteiger partial charge in [0, 0.05) is 90.6 Å². The summed E-state index contributed by atoms with van der Waals surface area (Å²) in [6.07, 6.45) is 8.19. The topological polar surface area (TPSA) is 190 Å². The second-order valence-corrected chi connectivity index (χ2v) is 34.9. The van der Waals surface area contributed by atoms with Crippen molar-refractivity contribution in [2.75, 3.05) is 114 Å². The first-order valence-electron chi connectivity index (χ1n) is 45.2. The van der Waals surface area contributed by atoms with Crippen molar-refractivity contribution >= 4 is 52.7 Å². The Labute approximate surface area is 774 Å². The van der Waals surface area contributed by atoms with Gasteiger partial charge in [-0.1, -0.05) is 351 Å². The summed E-state index contributed by atoms with van der Waals surface area (Å²) in [5.74, 6) is -0.149. The molecule has 17 rings (SSSR count). The van der Waals surface area contributed by atoms with Crippen molar-refractivity contribution in [3.8, 4) is 0 Å². The molecule has 18 heteroatoms. The summed E-state index contributed by atoms with van der Waals surface area (Å²) in [4.78, 5) is 74.7. The Kier molecular flexibility index (Phi) is 38.2. The highest BCUT2D eigenvalue weighted by atomic mass is 35.5. The van der Waals surface area contributed by atoms with Gasteiger partial charge < -0.3 is 55.4 Å². The lowest BCUT2D eigenvalue weighted by Gasteiger charge is -2.40. The highest BCUT2D eigenvalue weighted by Crippen LogP contribution is 2.38. The van der Waals surface area contributed by atoms with Gasteiger partial charge in [-0.15, -0.1) is 0 Å². The fourth-order valence-corrected chi connectivity index (χ4v) is 17.1. The van der Waals surface area contributed by atoms with Crippen LogP contribution in [-0.2, 0) is 47.2 Å². The summed E-state index contributed by atoms with van der Waals surface area (Å²) in [6, 6.07) is 115. The number of hydrogen-bond acceptors (Lipinski definition) is 11. The Morgan fingerprint density at radius 1 is 0.302 bits per heavy atom. The van der Waals surface area contributed by atoms with E-state index in [1.54, 1.807) is 50.1 Å². The molecule has 672 valence electrons. The van der Waals surface area contributed by atoms with Crippen LogP contribution in [0.5, 0.6) is 0 Å². The monoisotopic (exact) mass is 1770 g/mol. The van der Waals surface area contributed by atoms with Gasteiger partial charge in [0.15, 0.2) is 0 Å². The highest BCUT2D eigenvalue weighted by molar-refractivity contribution is 6.30. The van der Waals surface area contributed by atoms with Gasteiger partial charge in [-0.2, -0.15) is 0 Å². The zero-order chi connectivity index (χ0) is 91.2. The number of hydrogen-bond donors (Lipinski definition) is 5. The number of nitrogens with one attached hydrogen (secondary N) is 2. The number of carbonyl (C=O) groups excluding carboxylic acids is 5. The van der Waals surface area contributed by atoms with E-state index in [0.717, 1.165) is 171 Å². The molecule has 0 unspecified atom stereocenters. The van der Waals surface area contributed by atoms with Crippen LogP contribution in [0.25, 0.3) is 0 Å². The molecule has 5 aliphatic heterocycles. The summed E-state index contributed by atoms with van der Waals surface area (Å²) in [5.41, 5.74) is 10.1. The zero-order valence-electron chi connectivity index (χ0n) is 75.2. The van der Waals surface area contributed by atoms with Crippen LogP contribution in [0.15, 0.2) is 352 Å². The lowest BCUT2D eigenvalue weighted by atomic mass is 9.83. The Hall–Kier alpha value is -11.7. The minimum atomic E-state index is -0.920. The molecule has 0 aliphatic carbocycles. The first-order valence-corrected chi connectivity index (χ1v) is 45.9. The molecule has 0 spiro atoms. The Morgan fingerprint density at radius 2 is 0.550 bits per heavy atom. The summed E-state index contributed by atoms with van der Waals surface area (Å²) in [6.45, 7) is 9.92. The average Bonchev–Trinajstić information content (AvgIpc) is 0.950. The maximum Gasteiger partial charge on any atom is 0.234 e. The average molecular weight is 1770 g/mol. The molecule has 0 saturated carbocycles. The number of halogens is 2. The number of rotatable bonds is 17.